The Hall–Kier alpha value is -0.705. The third-order valence-corrected chi connectivity index (χ3v) is 0.956. The van der Waals surface area contributed by atoms with Gasteiger partial charge in [0.05, 0.1) is 0 Å². The van der Waals surface area contributed by atoms with E-state index in [1.807, 2.05) is 20.8 Å². The van der Waals surface area contributed by atoms with E-state index in [2.05, 4.69) is 5.32 Å². The molecule has 0 aromatic heterocycles. The monoisotopic (exact) mass is 171 g/mol. The Kier molecular flexibility index (Phi) is 4.74. The minimum Gasteiger partial charge on any atom is -0.444 e. The molecule has 0 fully saturated rings. The molecule has 0 heterocycles. The molecule has 0 aromatic carbocycles. The summed E-state index contributed by atoms with van der Waals surface area (Å²) in [5.74, 6) is 0. The molecule has 12 heavy (non-hydrogen) atoms. The van der Waals surface area contributed by atoms with Gasteiger partial charge in [-0.05, 0) is 33.7 Å². The fourth-order valence-corrected chi connectivity index (χ4v) is 0.553. The standard InChI is InChI=1S/C7H16BN2O2/c1-7(2,3)12-6(11)10-5-8-4-9/h4-5,9H2,1-3H3,(H,10,11). The maximum atomic E-state index is 10.9. The molecule has 0 aromatic rings. The predicted molar refractivity (Wildman–Crippen MR) is 49.0 cm³/mol. The van der Waals surface area contributed by atoms with Gasteiger partial charge in [-0.1, -0.05) is 0 Å². The number of carbonyl (C=O) groups excluding carboxylic acids is 1. The third-order valence-electron chi connectivity index (χ3n) is 0.956. The molecule has 3 N–H and O–H groups in total. The SMILES string of the molecule is CC(C)(C)OC(=O)NC[B]CN. The summed E-state index contributed by atoms with van der Waals surface area (Å²) >= 11 is 0. The highest BCUT2D eigenvalue weighted by Gasteiger charge is 2.15. The van der Waals surface area contributed by atoms with Crippen molar-refractivity contribution in [2.24, 2.45) is 5.73 Å². The van der Waals surface area contributed by atoms with Gasteiger partial charge in [-0.25, -0.2) is 4.79 Å². The molecule has 0 spiro atoms. The zero-order valence-corrected chi connectivity index (χ0v) is 7.89. The highest BCUT2D eigenvalue weighted by atomic mass is 16.6. The summed E-state index contributed by atoms with van der Waals surface area (Å²) in [7, 11) is 1.75. The first-order valence-corrected chi connectivity index (χ1v) is 3.94. The van der Waals surface area contributed by atoms with E-state index in [4.69, 9.17) is 10.5 Å². The van der Waals surface area contributed by atoms with E-state index in [0.29, 0.717) is 12.9 Å². The lowest BCUT2D eigenvalue weighted by atomic mass is 9.79. The second-order valence-corrected chi connectivity index (χ2v) is 3.41. The molecule has 0 unspecified atom stereocenters. The van der Waals surface area contributed by atoms with Crippen molar-refractivity contribution in [3.8, 4) is 0 Å². The summed E-state index contributed by atoms with van der Waals surface area (Å²) in [6.45, 7) is 5.46. The lowest BCUT2D eigenvalue weighted by Crippen LogP contribution is -2.36. The predicted octanol–water partition coefficient (Wildman–Crippen LogP) is 0.0890. The first-order chi connectivity index (χ1) is 5.45. The number of ether oxygens (including phenoxy) is 1. The van der Waals surface area contributed by atoms with Gasteiger partial charge in [0.2, 0.25) is 0 Å². The summed E-state index contributed by atoms with van der Waals surface area (Å²) < 4.78 is 4.97. The Morgan fingerprint density at radius 2 is 2.17 bits per heavy atom. The van der Waals surface area contributed by atoms with Gasteiger partial charge in [-0.15, -0.1) is 0 Å². The van der Waals surface area contributed by atoms with Crippen LogP contribution in [0.15, 0.2) is 0 Å². The Labute approximate surface area is 74.1 Å². The van der Waals surface area contributed by atoms with Crippen molar-refractivity contribution in [1.29, 1.82) is 0 Å². The lowest BCUT2D eigenvalue weighted by Gasteiger charge is -2.19. The molecule has 5 heteroatoms. The second kappa shape index (κ2) is 5.03. The summed E-state index contributed by atoms with van der Waals surface area (Å²) in [6, 6.07) is 0. The molecular weight excluding hydrogens is 155 g/mol. The molecule has 0 rings (SSSR count). The van der Waals surface area contributed by atoms with Crippen LogP contribution in [-0.4, -0.2) is 31.9 Å². The van der Waals surface area contributed by atoms with E-state index in [1.165, 1.54) is 0 Å². The number of nitrogens with two attached hydrogens (primary N) is 1. The van der Waals surface area contributed by atoms with Gasteiger partial charge in [-0.2, -0.15) is 0 Å². The summed E-state index contributed by atoms with van der Waals surface area (Å²) in [4.78, 5) is 10.9. The van der Waals surface area contributed by atoms with Crippen molar-refractivity contribution in [3.05, 3.63) is 0 Å². The molecule has 69 valence electrons. The zero-order valence-electron chi connectivity index (χ0n) is 7.89. The number of hydrogen-bond donors (Lipinski definition) is 2. The smallest absolute Gasteiger partial charge is 0.406 e. The topological polar surface area (TPSA) is 64.3 Å². The number of rotatable bonds is 3. The molecule has 0 aliphatic rings. The molecule has 1 amide bonds. The van der Waals surface area contributed by atoms with Crippen LogP contribution in [0.3, 0.4) is 0 Å². The van der Waals surface area contributed by atoms with E-state index in [-0.39, 0.29) is 0 Å². The molecule has 4 nitrogen and oxygen atoms in total. The van der Waals surface area contributed by atoms with Gasteiger partial charge >= 0.3 is 6.09 Å². The van der Waals surface area contributed by atoms with Crippen LogP contribution in [-0.2, 0) is 4.74 Å². The van der Waals surface area contributed by atoms with E-state index < -0.39 is 11.7 Å². The van der Waals surface area contributed by atoms with Crippen molar-refractivity contribution < 1.29 is 9.53 Å². The molecule has 0 aliphatic heterocycles. The van der Waals surface area contributed by atoms with E-state index >= 15 is 0 Å². The first kappa shape index (κ1) is 11.3. The van der Waals surface area contributed by atoms with Gasteiger partial charge < -0.3 is 15.8 Å². The number of alkyl carbamates (subject to hydrolysis) is 1. The molecule has 0 atom stereocenters. The minimum atomic E-state index is -0.438. The van der Waals surface area contributed by atoms with Gasteiger partial charge in [0.25, 0.3) is 0 Å². The van der Waals surface area contributed by atoms with Crippen molar-refractivity contribution in [3.63, 3.8) is 0 Å². The number of carbonyl (C=O) groups is 1. The van der Waals surface area contributed by atoms with Gasteiger partial charge in [-0.3, -0.25) is 0 Å². The zero-order chi connectivity index (χ0) is 9.61. The summed E-state index contributed by atoms with van der Waals surface area (Å²) in [5.41, 5.74) is 4.76. The quantitative estimate of drug-likeness (QED) is 0.467. The largest absolute Gasteiger partial charge is 0.444 e. The maximum Gasteiger partial charge on any atom is 0.406 e. The third kappa shape index (κ3) is 7.40. The Morgan fingerprint density at radius 1 is 1.58 bits per heavy atom. The minimum absolute atomic E-state index is 0.410. The Morgan fingerprint density at radius 3 is 2.58 bits per heavy atom. The van der Waals surface area contributed by atoms with Crippen molar-refractivity contribution in [1.82, 2.24) is 5.32 Å². The molecular formula is C7H16BN2O2. The van der Waals surface area contributed by atoms with Crippen molar-refractivity contribution >= 4 is 13.4 Å². The van der Waals surface area contributed by atoms with Crippen LogP contribution in [0.25, 0.3) is 0 Å². The summed E-state index contributed by atoms with van der Waals surface area (Å²) in [6.07, 6.45) is 0.494. The normalized spacial score (nSPS) is 10.7. The van der Waals surface area contributed by atoms with Gasteiger partial charge in [0.15, 0.2) is 7.28 Å². The average Bonchev–Trinajstić information content (AvgIpc) is 1.84. The highest BCUT2D eigenvalue weighted by molar-refractivity contribution is 6.36. The van der Waals surface area contributed by atoms with Crippen LogP contribution in [0.2, 0.25) is 0 Å². The van der Waals surface area contributed by atoms with E-state index in [9.17, 15) is 4.79 Å². The van der Waals surface area contributed by atoms with Crippen molar-refractivity contribution in [2.45, 2.75) is 26.4 Å². The fraction of sp³-hybridized carbons (Fsp3) is 0.857. The molecule has 0 saturated carbocycles. The van der Waals surface area contributed by atoms with Crippen LogP contribution < -0.4 is 11.1 Å². The Bertz CT molecular complexity index is 145. The van der Waals surface area contributed by atoms with E-state index in [0.717, 1.165) is 0 Å². The van der Waals surface area contributed by atoms with Crippen LogP contribution in [0.4, 0.5) is 4.79 Å². The molecule has 0 bridgehead atoms. The highest BCUT2D eigenvalue weighted by Crippen LogP contribution is 2.05. The Balaban J connectivity index is 3.47. The van der Waals surface area contributed by atoms with Crippen LogP contribution >= 0.6 is 0 Å². The number of nitrogens with one attached hydrogen (secondary N) is 1. The summed E-state index contributed by atoms with van der Waals surface area (Å²) in [5, 5.41) is 2.54. The fourth-order valence-electron chi connectivity index (χ4n) is 0.553. The van der Waals surface area contributed by atoms with Crippen LogP contribution in [0, 0.1) is 0 Å². The van der Waals surface area contributed by atoms with E-state index in [1.54, 1.807) is 7.28 Å². The molecule has 0 aliphatic carbocycles. The lowest BCUT2D eigenvalue weighted by molar-refractivity contribution is 0.0537. The van der Waals surface area contributed by atoms with Crippen molar-refractivity contribution in [2.75, 3.05) is 12.9 Å². The number of hydrogen-bond acceptors (Lipinski definition) is 3. The molecule has 0 saturated heterocycles. The van der Waals surface area contributed by atoms with Crippen LogP contribution in [0.1, 0.15) is 20.8 Å². The first-order valence-electron chi connectivity index (χ1n) is 3.94. The second-order valence-electron chi connectivity index (χ2n) is 3.41. The van der Waals surface area contributed by atoms with Gasteiger partial charge in [0, 0.05) is 0 Å². The number of amides is 1. The molecule has 1 radical (unpaired) electrons. The maximum absolute atomic E-state index is 10.9. The van der Waals surface area contributed by atoms with Crippen LogP contribution in [0.5, 0.6) is 0 Å². The average molecular weight is 171 g/mol. The van der Waals surface area contributed by atoms with Gasteiger partial charge in [0.1, 0.15) is 5.60 Å².